The lowest BCUT2D eigenvalue weighted by atomic mass is 9.97. The predicted octanol–water partition coefficient (Wildman–Crippen LogP) is 6.75. The molecule has 2 heterocycles. The molecule has 2 aliphatic rings. The van der Waals surface area contributed by atoms with Crippen molar-refractivity contribution in [3.05, 3.63) is 64.7 Å². The summed E-state index contributed by atoms with van der Waals surface area (Å²) in [5, 5.41) is 7.19. The fourth-order valence-corrected chi connectivity index (χ4v) is 5.56. The van der Waals surface area contributed by atoms with E-state index < -0.39 is 35.7 Å². The van der Waals surface area contributed by atoms with E-state index in [-0.39, 0.29) is 17.5 Å². The largest absolute Gasteiger partial charge is 0.478 e. The van der Waals surface area contributed by atoms with Crippen LogP contribution in [0.2, 0.25) is 0 Å². The molecular weight excluding hydrogens is 614 g/mol. The molecular formula is C33H42F6N4O3. The number of halogens is 6. The highest BCUT2D eigenvalue weighted by molar-refractivity contribution is 6.01. The molecule has 46 heavy (non-hydrogen) atoms. The SMILES string of the molecule is CN1CCC(CNC(=O)C(C)(C)Oc2ccc(/C(CN3CCCCC3)=N/OCc3cc(C(F)(F)F)cc(C(F)(F)F)c3)cc2)CC1. The summed E-state index contributed by atoms with van der Waals surface area (Å²) in [6.07, 6.45) is -4.75. The second kappa shape index (κ2) is 15.1. The highest BCUT2D eigenvalue weighted by Gasteiger charge is 2.37. The number of amides is 1. The van der Waals surface area contributed by atoms with Crippen molar-refractivity contribution < 1.29 is 40.7 Å². The third kappa shape index (κ3) is 10.3. The van der Waals surface area contributed by atoms with Gasteiger partial charge in [-0.05, 0) is 127 Å². The van der Waals surface area contributed by atoms with Gasteiger partial charge in [0.2, 0.25) is 0 Å². The van der Waals surface area contributed by atoms with Gasteiger partial charge >= 0.3 is 12.4 Å². The highest BCUT2D eigenvalue weighted by Crippen LogP contribution is 2.36. The number of nitrogens with zero attached hydrogens (tertiary/aromatic N) is 3. The average molecular weight is 657 g/mol. The summed E-state index contributed by atoms with van der Waals surface area (Å²) in [6, 6.07) is 8.20. The molecule has 13 heteroatoms. The van der Waals surface area contributed by atoms with Crippen LogP contribution in [0, 0.1) is 5.92 Å². The van der Waals surface area contributed by atoms with Gasteiger partial charge in [-0.25, -0.2) is 0 Å². The molecule has 0 unspecified atom stereocenters. The summed E-state index contributed by atoms with van der Waals surface area (Å²) in [6.45, 7) is 7.43. The van der Waals surface area contributed by atoms with E-state index in [4.69, 9.17) is 9.57 Å². The zero-order valence-corrected chi connectivity index (χ0v) is 26.4. The Morgan fingerprint density at radius 1 is 0.891 bits per heavy atom. The first-order chi connectivity index (χ1) is 21.6. The minimum atomic E-state index is -4.95. The van der Waals surface area contributed by atoms with Crippen molar-refractivity contribution in [2.75, 3.05) is 46.3 Å². The van der Waals surface area contributed by atoms with Crippen LogP contribution >= 0.6 is 0 Å². The Morgan fingerprint density at radius 3 is 2.04 bits per heavy atom. The van der Waals surface area contributed by atoms with Crippen molar-refractivity contribution in [2.45, 2.75) is 70.5 Å². The fourth-order valence-electron chi connectivity index (χ4n) is 5.56. The van der Waals surface area contributed by atoms with E-state index in [2.05, 4.69) is 27.3 Å². The van der Waals surface area contributed by atoms with Crippen LogP contribution in [-0.2, 0) is 28.6 Å². The molecule has 254 valence electrons. The molecule has 2 fully saturated rings. The maximum absolute atomic E-state index is 13.3. The number of carbonyl (C=O) groups excluding carboxylic acids is 1. The molecule has 0 aliphatic carbocycles. The van der Waals surface area contributed by atoms with Crippen molar-refractivity contribution in [2.24, 2.45) is 11.1 Å². The Hall–Kier alpha value is -3.32. The number of piperidine rings is 2. The number of carbonyl (C=O) groups is 1. The predicted molar refractivity (Wildman–Crippen MR) is 162 cm³/mol. The lowest BCUT2D eigenvalue weighted by Gasteiger charge is -2.30. The van der Waals surface area contributed by atoms with Crippen LogP contribution in [0.25, 0.3) is 0 Å². The normalized spacial score (nSPS) is 18.0. The molecule has 2 aliphatic heterocycles. The van der Waals surface area contributed by atoms with Gasteiger partial charge in [0.05, 0.1) is 11.1 Å². The fraction of sp³-hybridized carbons (Fsp3) is 0.576. The van der Waals surface area contributed by atoms with Gasteiger partial charge < -0.3 is 19.8 Å². The number of nitrogens with one attached hydrogen (secondary N) is 1. The number of rotatable bonds is 11. The van der Waals surface area contributed by atoms with Crippen LogP contribution in [-0.4, -0.2) is 73.3 Å². The lowest BCUT2D eigenvalue weighted by Crippen LogP contribution is -2.48. The third-order valence-electron chi connectivity index (χ3n) is 8.37. The summed E-state index contributed by atoms with van der Waals surface area (Å²) in [5.41, 5.74) is -3.15. The van der Waals surface area contributed by atoms with Crippen LogP contribution in [0.5, 0.6) is 5.75 Å². The van der Waals surface area contributed by atoms with E-state index in [0.29, 0.717) is 48.2 Å². The van der Waals surface area contributed by atoms with Gasteiger partial charge in [0, 0.05) is 18.7 Å². The minimum absolute atomic E-state index is 0.0821. The smallest absolute Gasteiger partial charge is 0.416 e. The third-order valence-corrected chi connectivity index (χ3v) is 8.37. The van der Waals surface area contributed by atoms with Crippen molar-refractivity contribution in [3.8, 4) is 5.75 Å². The summed E-state index contributed by atoms with van der Waals surface area (Å²) in [4.78, 5) is 22.8. The van der Waals surface area contributed by atoms with Gasteiger partial charge in [-0.2, -0.15) is 26.3 Å². The molecule has 0 spiro atoms. The van der Waals surface area contributed by atoms with Crippen LogP contribution in [0.1, 0.15) is 68.2 Å². The maximum Gasteiger partial charge on any atom is 0.416 e. The second-order valence-electron chi connectivity index (χ2n) is 12.7. The van der Waals surface area contributed by atoms with Gasteiger partial charge in [-0.3, -0.25) is 9.69 Å². The van der Waals surface area contributed by atoms with Gasteiger partial charge in [0.25, 0.3) is 5.91 Å². The van der Waals surface area contributed by atoms with E-state index in [1.54, 1.807) is 38.1 Å². The molecule has 0 bridgehead atoms. The first kappa shape index (κ1) is 35.5. The van der Waals surface area contributed by atoms with E-state index >= 15 is 0 Å². The number of hydrogen-bond donors (Lipinski definition) is 1. The van der Waals surface area contributed by atoms with E-state index in [1.165, 1.54) is 0 Å². The molecule has 1 N–H and O–H groups in total. The summed E-state index contributed by atoms with van der Waals surface area (Å²) in [5.74, 6) is 0.653. The molecule has 7 nitrogen and oxygen atoms in total. The van der Waals surface area contributed by atoms with Crippen LogP contribution in [0.4, 0.5) is 26.3 Å². The Bertz CT molecular complexity index is 1300. The average Bonchev–Trinajstić information content (AvgIpc) is 3.00. The monoisotopic (exact) mass is 656 g/mol. The van der Waals surface area contributed by atoms with Crippen molar-refractivity contribution >= 4 is 11.6 Å². The van der Waals surface area contributed by atoms with Gasteiger partial charge in [0.15, 0.2) is 5.60 Å². The molecule has 0 radical (unpaired) electrons. The molecule has 4 rings (SSSR count). The zero-order chi connectivity index (χ0) is 33.5. The van der Waals surface area contributed by atoms with E-state index in [1.807, 2.05) is 0 Å². The Balaban J connectivity index is 1.45. The summed E-state index contributed by atoms with van der Waals surface area (Å²) in [7, 11) is 2.09. The number of likely N-dealkylation sites (tertiary alicyclic amines) is 2. The van der Waals surface area contributed by atoms with Crippen molar-refractivity contribution in [1.29, 1.82) is 0 Å². The van der Waals surface area contributed by atoms with Gasteiger partial charge in [0.1, 0.15) is 18.1 Å². The number of hydrogen-bond acceptors (Lipinski definition) is 6. The number of benzene rings is 2. The quantitative estimate of drug-likeness (QED) is 0.165. The first-order valence-corrected chi connectivity index (χ1v) is 15.6. The summed E-state index contributed by atoms with van der Waals surface area (Å²) < 4.78 is 85.8. The number of alkyl halides is 6. The molecule has 0 saturated carbocycles. The maximum atomic E-state index is 13.3. The minimum Gasteiger partial charge on any atom is -0.478 e. The Morgan fingerprint density at radius 2 is 1.48 bits per heavy atom. The molecule has 2 saturated heterocycles. The van der Waals surface area contributed by atoms with Crippen molar-refractivity contribution in [1.82, 2.24) is 15.1 Å². The molecule has 2 aromatic carbocycles. The van der Waals surface area contributed by atoms with E-state index in [9.17, 15) is 31.1 Å². The first-order valence-electron chi connectivity index (χ1n) is 15.6. The highest BCUT2D eigenvalue weighted by atomic mass is 19.4. The lowest BCUT2D eigenvalue weighted by molar-refractivity contribution is -0.143. The van der Waals surface area contributed by atoms with Crippen LogP contribution < -0.4 is 10.1 Å². The van der Waals surface area contributed by atoms with Gasteiger partial charge in [-0.15, -0.1) is 0 Å². The second-order valence-corrected chi connectivity index (χ2v) is 12.7. The van der Waals surface area contributed by atoms with Gasteiger partial charge in [-0.1, -0.05) is 11.6 Å². The van der Waals surface area contributed by atoms with E-state index in [0.717, 1.165) is 58.3 Å². The Labute approximate surface area is 265 Å². The molecule has 0 aromatic heterocycles. The van der Waals surface area contributed by atoms with Crippen molar-refractivity contribution in [3.63, 3.8) is 0 Å². The summed E-state index contributed by atoms with van der Waals surface area (Å²) >= 11 is 0. The number of oxime groups is 1. The Kier molecular flexibility index (Phi) is 11.6. The standard InChI is InChI=1S/C33H42F6N4O3/c1-31(2,30(44)40-20-23-11-15-42(3)16-12-23)46-28-9-7-25(8-10-28)29(21-43-13-5-4-6-14-43)41-45-22-24-17-26(32(34,35)36)19-27(18-24)33(37,38)39/h7-10,17-19,23H,4-6,11-16,20-22H2,1-3H3,(H,40,44)/b41-29+. The number of ether oxygens (including phenoxy) is 1. The zero-order valence-electron chi connectivity index (χ0n) is 26.4. The molecule has 1 amide bonds. The van der Waals surface area contributed by atoms with Crippen LogP contribution in [0.3, 0.4) is 0 Å². The molecule has 2 aromatic rings. The van der Waals surface area contributed by atoms with Crippen LogP contribution in [0.15, 0.2) is 47.6 Å². The molecule has 0 atom stereocenters. The topological polar surface area (TPSA) is 66.4 Å².